The predicted octanol–water partition coefficient (Wildman–Crippen LogP) is 7.10. The Kier molecular flexibility index (Phi) is 27.6. The van der Waals surface area contributed by atoms with Crippen LogP contribution in [0.1, 0.15) is 43.8 Å². The van der Waals surface area contributed by atoms with Crippen molar-refractivity contribution in [2.75, 3.05) is 41.2 Å². The second-order valence-electron chi connectivity index (χ2n) is 22.5. The van der Waals surface area contributed by atoms with Crippen LogP contribution in [0.15, 0.2) is 164 Å². The van der Waals surface area contributed by atoms with E-state index in [1.54, 1.807) is 20.8 Å². The molecule has 2 N–H and O–H groups in total. The number of hydrogen-bond donors (Lipinski definition) is 2. The topological polar surface area (TPSA) is 420 Å². The molecule has 4 aliphatic heterocycles. The molecule has 10 rings (SSSR count). The largest absolute Gasteiger partial charge is 0.449 e. The van der Waals surface area contributed by atoms with Gasteiger partial charge in [0.05, 0.1) is 66.1 Å². The molecular formula is C63H73N3O30S3. The SMILES string of the molecule is CO[C@H]1OC(COCc2ccccc2)[C@@H](O)[C@H](C)C1OS(=O)(=O)Oc1ccc([N+](=O)[O-])cc1.CO[C@H]1OC(COCc2ccccc2)[C@@H](O)[C@H](C)C1OS(=O)(=O)Oc1ccc([N+](=O)[O-])cc1.CO[C@H]1OC2COC(c3ccccc3)O[C@H]2[C@H](C)C1OS(=O)(=O)Oc1ccc([N+](=O)[O-])cc1. The van der Waals surface area contributed by atoms with E-state index in [2.05, 4.69) is 0 Å². The molecule has 0 aliphatic carbocycles. The summed E-state index contributed by atoms with van der Waals surface area (Å²) in [4.78, 5) is 30.4. The van der Waals surface area contributed by atoms with Gasteiger partial charge in [0.2, 0.25) is 0 Å². The highest BCUT2D eigenvalue weighted by Crippen LogP contribution is 2.40. The lowest BCUT2D eigenvalue weighted by Gasteiger charge is -2.47. The summed E-state index contributed by atoms with van der Waals surface area (Å²) in [7, 11) is -9.78. The van der Waals surface area contributed by atoms with Crippen LogP contribution in [0.25, 0.3) is 0 Å². The summed E-state index contributed by atoms with van der Waals surface area (Å²) in [6, 6.07) is 41.7. The average Bonchev–Trinajstić information content (AvgIpc) is 0.784. The van der Waals surface area contributed by atoms with Crippen molar-refractivity contribution < 1.29 is 123 Å². The van der Waals surface area contributed by atoms with Crippen molar-refractivity contribution in [2.24, 2.45) is 17.8 Å². The molecule has 33 nitrogen and oxygen atoms in total. The van der Waals surface area contributed by atoms with Gasteiger partial charge >= 0.3 is 31.2 Å². The molecule has 0 radical (unpaired) electrons. The number of benzene rings is 6. The number of aliphatic hydroxyl groups excluding tert-OH is 2. The smallest absolute Gasteiger partial charge is 0.390 e. The van der Waals surface area contributed by atoms with E-state index in [0.717, 1.165) is 89.5 Å². The molecule has 6 aromatic rings. The molecule has 0 bridgehead atoms. The summed E-state index contributed by atoms with van der Waals surface area (Å²) in [6.45, 7) is 5.93. The fourth-order valence-corrected chi connectivity index (χ4v) is 13.3. The molecule has 538 valence electrons. The molecule has 0 aromatic heterocycles. The first-order valence-corrected chi connectivity index (χ1v) is 34.2. The highest BCUT2D eigenvalue weighted by atomic mass is 32.3. The highest BCUT2D eigenvalue weighted by molar-refractivity contribution is 7.82. The average molecular weight is 1450 g/mol. The Morgan fingerprint density at radius 1 is 0.444 bits per heavy atom. The molecule has 4 aliphatic rings. The van der Waals surface area contributed by atoms with Gasteiger partial charge in [-0.1, -0.05) is 112 Å². The molecule has 4 saturated heterocycles. The van der Waals surface area contributed by atoms with Gasteiger partial charge in [0.1, 0.15) is 53.9 Å². The second-order valence-corrected chi connectivity index (χ2v) is 26.0. The molecule has 4 heterocycles. The third-order valence-electron chi connectivity index (χ3n) is 15.7. The second kappa shape index (κ2) is 35.5. The minimum atomic E-state index is -4.61. The van der Waals surface area contributed by atoms with Crippen molar-refractivity contribution in [2.45, 2.75) is 114 Å². The van der Waals surface area contributed by atoms with Crippen LogP contribution in [-0.2, 0) is 104 Å². The summed E-state index contributed by atoms with van der Waals surface area (Å²) in [6.07, 6.45) is -12.2. The minimum Gasteiger partial charge on any atom is -0.390 e. The van der Waals surface area contributed by atoms with Crippen LogP contribution in [0.5, 0.6) is 17.2 Å². The number of methoxy groups -OCH3 is 3. The van der Waals surface area contributed by atoms with Crippen molar-refractivity contribution in [1.29, 1.82) is 0 Å². The summed E-state index contributed by atoms with van der Waals surface area (Å²) in [5, 5.41) is 53.5. The Morgan fingerprint density at radius 3 is 1.10 bits per heavy atom. The lowest BCUT2D eigenvalue weighted by atomic mass is 9.90. The quantitative estimate of drug-likeness (QED) is 0.0383. The van der Waals surface area contributed by atoms with Crippen LogP contribution in [0, 0.1) is 48.1 Å². The van der Waals surface area contributed by atoms with Crippen LogP contribution >= 0.6 is 0 Å². The predicted molar refractivity (Wildman–Crippen MR) is 341 cm³/mol. The van der Waals surface area contributed by atoms with Gasteiger partial charge in [-0.3, -0.25) is 30.3 Å². The third kappa shape index (κ3) is 21.8. The van der Waals surface area contributed by atoms with E-state index in [1.165, 1.54) is 21.3 Å². The molecule has 6 aromatic carbocycles. The fourth-order valence-electron chi connectivity index (χ4n) is 10.5. The molecular weight excluding hydrogens is 1370 g/mol. The van der Waals surface area contributed by atoms with Gasteiger partial charge in [-0.25, -0.2) is 12.5 Å². The van der Waals surface area contributed by atoms with Gasteiger partial charge in [-0.2, -0.15) is 25.3 Å². The van der Waals surface area contributed by atoms with Crippen molar-refractivity contribution in [3.63, 3.8) is 0 Å². The maximum absolute atomic E-state index is 12.6. The number of non-ortho nitro benzene ring substituents is 3. The van der Waals surface area contributed by atoms with Crippen LogP contribution < -0.4 is 12.5 Å². The van der Waals surface area contributed by atoms with Gasteiger partial charge in [0.15, 0.2) is 25.2 Å². The molecule has 36 heteroatoms. The standard InChI is InChI=1S/C21H23NO10S.2C21H25NO10S/c1-13-18-17(12-28-20(30-18)14-6-4-3-5-7-14)29-21(27-2)19(13)32-33(25,26)31-16-10-8-15(9-11-16)22(23)24;2*1-14-19(23)18(13-29-12-15-6-4-3-5-7-15)30-21(28-2)20(14)32-33(26,27)31-17-10-8-16(9-11-17)22(24)25/h3-11,13,17-21H,12H2,1-2H3;2*3-11,14,18-21,23H,12-13H2,1-2H3/t13-,17?,18-,19?,20?,21-;2*14-,18?,19-,20?,21-/m000/s1. The minimum absolute atomic E-state index is 0.0546. The molecule has 4 fully saturated rings. The lowest BCUT2D eigenvalue weighted by Crippen LogP contribution is -2.59. The summed E-state index contributed by atoms with van der Waals surface area (Å²) >= 11 is 0. The molecule has 16 atom stereocenters. The van der Waals surface area contributed by atoms with Crippen LogP contribution in [0.4, 0.5) is 17.1 Å². The third-order valence-corrected chi connectivity index (χ3v) is 18.2. The molecule has 7 unspecified atom stereocenters. The van der Waals surface area contributed by atoms with Crippen LogP contribution in [0.2, 0.25) is 0 Å². The van der Waals surface area contributed by atoms with Crippen LogP contribution in [0.3, 0.4) is 0 Å². The number of ether oxygens (including phenoxy) is 10. The Morgan fingerprint density at radius 2 is 0.768 bits per heavy atom. The van der Waals surface area contributed by atoms with Crippen molar-refractivity contribution in [1.82, 2.24) is 0 Å². The number of aliphatic hydroxyl groups is 2. The number of nitro groups is 3. The van der Waals surface area contributed by atoms with E-state index >= 15 is 0 Å². The number of rotatable bonds is 27. The van der Waals surface area contributed by atoms with E-state index < -0.39 is 144 Å². The highest BCUT2D eigenvalue weighted by Gasteiger charge is 2.52. The van der Waals surface area contributed by atoms with E-state index in [1.807, 2.05) is 91.0 Å². The number of hydrogen-bond acceptors (Lipinski definition) is 30. The van der Waals surface area contributed by atoms with Crippen LogP contribution in [-0.4, -0.2) is 165 Å². The molecule has 0 saturated carbocycles. The van der Waals surface area contributed by atoms with Gasteiger partial charge in [0, 0.05) is 81.0 Å². The summed E-state index contributed by atoms with van der Waals surface area (Å²) in [5.41, 5.74) is 2.08. The molecule has 0 spiro atoms. The molecule has 99 heavy (non-hydrogen) atoms. The van der Waals surface area contributed by atoms with Gasteiger partial charge in [-0.15, -0.1) is 0 Å². The number of fused-ring (bicyclic) bond motifs is 1. The van der Waals surface area contributed by atoms with Gasteiger partial charge < -0.3 is 70.1 Å². The van der Waals surface area contributed by atoms with E-state index in [-0.39, 0.29) is 54.1 Å². The number of nitrogens with zero attached hydrogens (tertiary/aromatic N) is 3. The van der Waals surface area contributed by atoms with Crippen molar-refractivity contribution in [3.05, 3.63) is 211 Å². The van der Waals surface area contributed by atoms with E-state index in [0.29, 0.717) is 13.2 Å². The Hall–Kier alpha value is -7.83. The molecule has 0 amide bonds. The normalized spacial score (nSPS) is 26.9. The van der Waals surface area contributed by atoms with E-state index in [4.69, 9.17) is 72.5 Å². The van der Waals surface area contributed by atoms with E-state index in [9.17, 15) is 65.8 Å². The van der Waals surface area contributed by atoms with Gasteiger partial charge in [0.25, 0.3) is 17.1 Å². The van der Waals surface area contributed by atoms with Gasteiger partial charge in [-0.05, 0) is 47.5 Å². The Labute approximate surface area is 569 Å². The first-order chi connectivity index (χ1) is 47.2. The zero-order valence-electron chi connectivity index (χ0n) is 53.8. The Bertz CT molecular complexity index is 3710. The first kappa shape index (κ1) is 76.9. The monoisotopic (exact) mass is 1450 g/mol. The van der Waals surface area contributed by atoms with Crippen molar-refractivity contribution >= 4 is 48.3 Å². The zero-order valence-corrected chi connectivity index (χ0v) is 56.2. The fraction of sp³-hybridized carbons (Fsp3) is 0.429. The Balaban J connectivity index is 0.000000189. The maximum Gasteiger partial charge on any atom is 0.449 e. The number of nitro benzene ring substituents is 3. The first-order valence-electron chi connectivity index (χ1n) is 30.2. The van der Waals surface area contributed by atoms with Crippen molar-refractivity contribution in [3.8, 4) is 17.2 Å². The summed E-state index contributed by atoms with van der Waals surface area (Å²) in [5.74, 6) is -2.39. The lowest BCUT2D eigenvalue weighted by molar-refractivity contribution is -0.385. The maximum atomic E-state index is 12.6. The summed E-state index contributed by atoms with van der Waals surface area (Å²) < 4.78 is 161. The zero-order chi connectivity index (χ0) is 71.6.